The van der Waals surface area contributed by atoms with E-state index in [1.54, 1.807) is 0 Å². The van der Waals surface area contributed by atoms with Crippen molar-refractivity contribution in [2.45, 2.75) is 58.0 Å². The summed E-state index contributed by atoms with van der Waals surface area (Å²) >= 11 is 0. The number of nitrogens with zero attached hydrogens (tertiary/aromatic N) is 4. The summed E-state index contributed by atoms with van der Waals surface area (Å²) in [6.07, 6.45) is 9.44. The molecule has 6 nitrogen and oxygen atoms in total. The van der Waals surface area contributed by atoms with Crippen LogP contribution in [0, 0.1) is 0 Å². The number of likely N-dealkylation sites (tertiary alicyclic amines) is 1. The monoisotopic (exact) mass is 526 g/mol. The number of rotatable bonds is 6. The molecule has 2 fully saturated rings. The predicted molar refractivity (Wildman–Crippen MR) is 138 cm³/mol. The maximum atomic E-state index is 4.61. The van der Waals surface area contributed by atoms with Gasteiger partial charge in [0, 0.05) is 58.6 Å². The van der Waals surface area contributed by atoms with E-state index >= 15 is 0 Å². The van der Waals surface area contributed by atoms with Gasteiger partial charge in [0.15, 0.2) is 5.96 Å². The summed E-state index contributed by atoms with van der Waals surface area (Å²) < 4.78 is 0. The van der Waals surface area contributed by atoms with Crippen LogP contribution in [-0.4, -0.2) is 61.7 Å². The number of pyridine rings is 1. The van der Waals surface area contributed by atoms with Crippen LogP contribution in [0.1, 0.15) is 51.0 Å². The van der Waals surface area contributed by atoms with E-state index in [0.29, 0.717) is 6.04 Å². The zero-order valence-corrected chi connectivity index (χ0v) is 21.0. The van der Waals surface area contributed by atoms with Gasteiger partial charge in [-0.3, -0.25) is 9.89 Å². The lowest BCUT2D eigenvalue weighted by Crippen LogP contribution is -2.48. The minimum Gasteiger partial charge on any atom is -0.357 e. The van der Waals surface area contributed by atoms with Gasteiger partial charge in [-0.25, -0.2) is 4.98 Å². The van der Waals surface area contributed by atoms with Gasteiger partial charge in [-0.1, -0.05) is 25.0 Å². The number of hydrogen-bond donors (Lipinski definition) is 2. The molecule has 0 aliphatic carbocycles. The molecule has 0 atom stereocenters. The van der Waals surface area contributed by atoms with Crippen LogP contribution in [0.2, 0.25) is 0 Å². The van der Waals surface area contributed by atoms with E-state index in [0.717, 1.165) is 63.9 Å². The van der Waals surface area contributed by atoms with Crippen molar-refractivity contribution in [1.82, 2.24) is 20.5 Å². The van der Waals surface area contributed by atoms with E-state index in [-0.39, 0.29) is 24.0 Å². The fourth-order valence-corrected chi connectivity index (χ4v) is 4.23. The fraction of sp³-hybridized carbons (Fsp3) is 0.652. The van der Waals surface area contributed by atoms with Gasteiger partial charge in [-0.05, 0) is 50.3 Å². The van der Waals surface area contributed by atoms with Crippen molar-refractivity contribution in [3.63, 3.8) is 0 Å². The lowest BCUT2D eigenvalue weighted by molar-refractivity contribution is 0.221. The first-order valence-electron chi connectivity index (χ1n) is 11.2. The molecule has 3 heterocycles. The van der Waals surface area contributed by atoms with E-state index < -0.39 is 0 Å². The number of halogens is 1. The molecule has 30 heavy (non-hydrogen) atoms. The highest BCUT2D eigenvalue weighted by Gasteiger charge is 2.19. The molecule has 3 rings (SSSR count). The Morgan fingerprint density at radius 3 is 2.50 bits per heavy atom. The smallest absolute Gasteiger partial charge is 0.191 e. The molecule has 7 heteroatoms. The van der Waals surface area contributed by atoms with Crippen LogP contribution < -0.4 is 15.5 Å². The van der Waals surface area contributed by atoms with E-state index in [9.17, 15) is 0 Å². The van der Waals surface area contributed by atoms with Crippen LogP contribution >= 0.6 is 24.0 Å². The minimum absolute atomic E-state index is 0. The summed E-state index contributed by atoms with van der Waals surface area (Å²) in [5.41, 5.74) is 2.49. The highest BCUT2D eigenvalue weighted by Crippen LogP contribution is 2.18. The molecule has 2 saturated heterocycles. The zero-order chi connectivity index (χ0) is 20.5. The largest absolute Gasteiger partial charge is 0.357 e. The Labute approximate surface area is 199 Å². The highest BCUT2D eigenvalue weighted by molar-refractivity contribution is 14.0. The van der Waals surface area contributed by atoms with Crippen molar-refractivity contribution in [2.24, 2.45) is 4.99 Å². The summed E-state index contributed by atoms with van der Waals surface area (Å²) in [6.45, 7) is 12.4. The van der Waals surface area contributed by atoms with Crippen LogP contribution in [0.5, 0.6) is 0 Å². The average Bonchev–Trinajstić information content (AvgIpc) is 3.02. The molecule has 0 saturated carbocycles. The molecule has 168 valence electrons. The number of anilines is 1. The first-order chi connectivity index (χ1) is 14.1. The summed E-state index contributed by atoms with van der Waals surface area (Å²) in [5.74, 6) is 2.00. The van der Waals surface area contributed by atoms with Gasteiger partial charge in [0.05, 0.1) is 0 Å². The van der Waals surface area contributed by atoms with Crippen molar-refractivity contribution in [3.8, 4) is 0 Å². The first kappa shape index (κ1) is 24.9. The molecule has 0 spiro atoms. The van der Waals surface area contributed by atoms with E-state index in [2.05, 4.69) is 56.0 Å². The van der Waals surface area contributed by atoms with Crippen molar-refractivity contribution >= 4 is 35.8 Å². The van der Waals surface area contributed by atoms with Crippen molar-refractivity contribution in [3.05, 3.63) is 36.0 Å². The van der Waals surface area contributed by atoms with Crippen LogP contribution in [0.25, 0.3) is 0 Å². The second-order valence-corrected chi connectivity index (χ2v) is 8.50. The molecule has 0 unspecified atom stereocenters. The fourth-order valence-electron chi connectivity index (χ4n) is 4.23. The molecule has 1 aromatic rings. The van der Waals surface area contributed by atoms with Crippen LogP contribution in [0.3, 0.4) is 0 Å². The SMILES string of the molecule is C=C(C)CN1CCC(NC(=NC)NCc2ccnc(N3CCCCCC3)c2)CC1.I. The molecular formula is C23H39IN6. The van der Waals surface area contributed by atoms with Gasteiger partial charge < -0.3 is 15.5 Å². The molecule has 0 radical (unpaired) electrons. The Balaban J connectivity index is 0.00000320. The molecule has 0 bridgehead atoms. The van der Waals surface area contributed by atoms with Gasteiger partial charge in [-0.15, -0.1) is 24.0 Å². The number of nitrogens with one attached hydrogen (secondary N) is 2. The Bertz CT molecular complexity index is 676. The molecule has 2 aliphatic heterocycles. The maximum Gasteiger partial charge on any atom is 0.191 e. The summed E-state index contributed by atoms with van der Waals surface area (Å²) in [4.78, 5) is 14.0. The van der Waals surface area contributed by atoms with E-state index in [4.69, 9.17) is 0 Å². The van der Waals surface area contributed by atoms with E-state index in [1.165, 1.54) is 36.8 Å². The van der Waals surface area contributed by atoms with E-state index in [1.807, 2.05) is 13.2 Å². The van der Waals surface area contributed by atoms with Gasteiger partial charge in [0.25, 0.3) is 0 Å². The number of aromatic nitrogens is 1. The molecule has 0 aromatic carbocycles. The molecule has 0 amide bonds. The normalized spacial score (nSPS) is 19.0. The number of hydrogen-bond acceptors (Lipinski definition) is 4. The lowest BCUT2D eigenvalue weighted by Gasteiger charge is -2.33. The lowest BCUT2D eigenvalue weighted by atomic mass is 10.0. The minimum atomic E-state index is 0. The Morgan fingerprint density at radius 2 is 1.87 bits per heavy atom. The first-order valence-corrected chi connectivity index (χ1v) is 11.2. The van der Waals surface area contributed by atoms with Gasteiger partial charge in [-0.2, -0.15) is 0 Å². The molecule has 2 N–H and O–H groups in total. The molecule has 2 aliphatic rings. The quantitative estimate of drug-likeness (QED) is 0.256. The second-order valence-electron chi connectivity index (χ2n) is 8.50. The second kappa shape index (κ2) is 13.1. The maximum absolute atomic E-state index is 4.61. The standard InChI is InChI=1S/C23H38N6.HI/c1-19(2)18-28-14-9-21(10-15-28)27-23(24-3)26-17-20-8-11-25-22(16-20)29-12-6-4-5-7-13-29;/h8,11,16,21H,1,4-7,9-10,12-15,17-18H2,2-3H3,(H2,24,26,27);1H. The summed E-state index contributed by atoms with van der Waals surface area (Å²) in [6, 6.07) is 4.80. The third kappa shape index (κ3) is 8.06. The van der Waals surface area contributed by atoms with Gasteiger partial charge in [0.1, 0.15) is 5.82 Å². The van der Waals surface area contributed by atoms with Crippen molar-refractivity contribution in [1.29, 1.82) is 0 Å². The number of guanidine groups is 1. The Hall–Kier alpha value is -1.35. The summed E-state index contributed by atoms with van der Waals surface area (Å²) in [5, 5.41) is 7.08. The Morgan fingerprint density at radius 1 is 1.17 bits per heavy atom. The molecular weight excluding hydrogens is 487 g/mol. The average molecular weight is 527 g/mol. The summed E-state index contributed by atoms with van der Waals surface area (Å²) in [7, 11) is 1.85. The predicted octanol–water partition coefficient (Wildman–Crippen LogP) is 3.79. The third-order valence-corrected chi connectivity index (χ3v) is 5.85. The topological polar surface area (TPSA) is 55.8 Å². The third-order valence-electron chi connectivity index (χ3n) is 5.85. The Kier molecular flexibility index (Phi) is 10.9. The van der Waals surface area contributed by atoms with Crippen molar-refractivity contribution < 1.29 is 0 Å². The van der Waals surface area contributed by atoms with Gasteiger partial charge in [0.2, 0.25) is 0 Å². The number of aliphatic imine (C=N–C) groups is 1. The van der Waals surface area contributed by atoms with Crippen molar-refractivity contribution in [2.75, 3.05) is 44.7 Å². The van der Waals surface area contributed by atoms with Gasteiger partial charge >= 0.3 is 0 Å². The van der Waals surface area contributed by atoms with Crippen LogP contribution in [0.4, 0.5) is 5.82 Å². The zero-order valence-electron chi connectivity index (χ0n) is 18.7. The number of piperidine rings is 1. The van der Waals surface area contributed by atoms with Crippen LogP contribution in [-0.2, 0) is 6.54 Å². The highest BCUT2D eigenvalue weighted by atomic mass is 127. The van der Waals surface area contributed by atoms with Crippen LogP contribution in [0.15, 0.2) is 35.5 Å². The molecule has 1 aromatic heterocycles.